The van der Waals surface area contributed by atoms with Crippen LogP contribution in [0.2, 0.25) is 0 Å². The van der Waals surface area contributed by atoms with Gasteiger partial charge in [0, 0.05) is 30.0 Å². The summed E-state index contributed by atoms with van der Waals surface area (Å²) in [6.45, 7) is 1.57. The summed E-state index contributed by atoms with van der Waals surface area (Å²) < 4.78 is 0. The van der Waals surface area contributed by atoms with Crippen LogP contribution in [-0.2, 0) is 17.6 Å². The fraction of sp³-hybridized carbons (Fsp3) is 0.231. The first-order chi connectivity index (χ1) is 15.2. The molecule has 3 aromatic carbocycles. The van der Waals surface area contributed by atoms with Gasteiger partial charge in [-0.05, 0) is 60.7 Å². The van der Waals surface area contributed by atoms with Gasteiger partial charge in [-0.1, -0.05) is 48.5 Å². The number of carbonyl (C=O) groups is 2. The van der Waals surface area contributed by atoms with Crippen molar-refractivity contribution >= 4 is 23.2 Å². The Hall–Kier alpha value is -3.60. The minimum absolute atomic E-state index is 0.00709. The summed E-state index contributed by atoms with van der Waals surface area (Å²) in [6, 6.07) is 25.6. The molecule has 0 aromatic heterocycles. The Bertz CT molecular complexity index is 1030. The van der Waals surface area contributed by atoms with E-state index >= 15 is 0 Å². The number of benzene rings is 3. The van der Waals surface area contributed by atoms with E-state index in [2.05, 4.69) is 28.8 Å². The SMILES string of the molecule is O=C(CNc1ccc(C(=O)N2CCc3ccccc32)cc1)NCCCc1ccccc1. The molecule has 2 amide bonds. The highest BCUT2D eigenvalue weighted by Crippen LogP contribution is 2.29. The van der Waals surface area contributed by atoms with Gasteiger partial charge in [0.1, 0.15) is 0 Å². The predicted octanol–water partition coefficient (Wildman–Crippen LogP) is 4.05. The molecule has 158 valence electrons. The smallest absolute Gasteiger partial charge is 0.258 e. The lowest BCUT2D eigenvalue weighted by Crippen LogP contribution is -2.31. The number of nitrogens with zero attached hydrogens (tertiary/aromatic N) is 1. The second-order valence-corrected chi connectivity index (χ2v) is 7.71. The molecule has 0 bridgehead atoms. The van der Waals surface area contributed by atoms with Crippen LogP contribution in [0.4, 0.5) is 11.4 Å². The van der Waals surface area contributed by atoms with E-state index in [1.807, 2.05) is 65.6 Å². The quantitative estimate of drug-likeness (QED) is 0.548. The monoisotopic (exact) mass is 413 g/mol. The van der Waals surface area contributed by atoms with E-state index in [1.165, 1.54) is 11.1 Å². The summed E-state index contributed by atoms with van der Waals surface area (Å²) in [6.07, 6.45) is 2.75. The highest BCUT2D eigenvalue weighted by molar-refractivity contribution is 6.07. The van der Waals surface area contributed by atoms with Crippen molar-refractivity contribution < 1.29 is 9.59 Å². The van der Waals surface area contributed by atoms with Crippen LogP contribution in [0, 0.1) is 0 Å². The second-order valence-electron chi connectivity index (χ2n) is 7.71. The molecule has 5 heteroatoms. The molecule has 0 radical (unpaired) electrons. The van der Waals surface area contributed by atoms with Gasteiger partial charge in [-0.2, -0.15) is 0 Å². The van der Waals surface area contributed by atoms with E-state index in [1.54, 1.807) is 0 Å². The number of carbonyl (C=O) groups excluding carboxylic acids is 2. The fourth-order valence-corrected chi connectivity index (χ4v) is 3.85. The molecule has 1 aliphatic rings. The normalized spacial score (nSPS) is 12.3. The molecule has 3 aromatic rings. The largest absolute Gasteiger partial charge is 0.376 e. The topological polar surface area (TPSA) is 61.4 Å². The minimum Gasteiger partial charge on any atom is -0.376 e. The van der Waals surface area contributed by atoms with Gasteiger partial charge >= 0.3 is 0 Å². The third-order valence-electron chi connectivity index (χ3n) is 5.52. The third-order valence-corrected chi connectivity index (χ3v) is 5.52. The number of anilines is 2. The van der Waals surface area contributed by atoms with Crippen molar-refractivity contribution in [1.29, 1.82) is 0 Å². The van der Waals surface area contributed by atoms with Crippen molar-refractivity contribution in [2.75, 3.05) is 29.9 Å². The Labute approximate surface area is 183 Å². The van der Waals surface area contributed by atoms with Gasteiger partial charge in [0.15, 0.2) is 0 Å². The first-order valence-electron chi connectivity index (χ1n) is 10.7. The van der Waals surface area contributed by atoms with Crippen LogP contribution in [0.15, 0.2) is 78.9 Å². The number of rotatable bonds is 8. The highest BCUT2D eigenvalue weighted by atomic mass is 16.2. The van der Waals surface area contributed by atoms with Crippen LogP contribution in [0.25, 0.3) is 0 Å². The standard InChI is InChI=1S/C26H27N3O2/c30-25(27-17-6-9-20-7-2-1-3-8-20)19-28-23-14-12-22(13-15-23)26(31)29-18-16-21-10-4-5-11-24(21)29/h1-5,7-8,10-15,28H,6,9,16-19H2,(H,27,30). The van der Waals surface area contributed by atoms with Gasteiger partial charge in [-0.25, -0.2) is 0 Å². The van der Waals surface area contributed by atoms with Crippen molar-refractivity contribution in [3.63, 3.8) is 0 Å². The Morgan fingerprint density at radius 2 is 1.61 bits per heavy atom. The van der Waals surface area contributed by atoms with Crippen molar-refractivity contribution in [1.82, 2.24) is 5.32 Å². The number of hydrogen-bond acceptors (Lipinski definition) is 3. The van der Waals surface area contributed by atoms with Crippen molar-refractivity contribution in [3.8, 4) is 0 Å². The lowest BCUT2D eigenvalue weighted by atomic mass is 10.1. The maximum atomic E-state index is 12.9. The van der Waals surface area contributed by atoms with Crippen molar-refractivity contribution in [3.05, 3.63) is 95.6 Å². The molecule has 1 heterocycles. The van der Waals surface area contributed by atoms with Gasteiger partial charge in [0.25, 0.3) is 5.91 Å². The van der Waals surface area contributed by atoms with Crippen molar-refractivity contribution in [2.24, 2.45) is 0 Å². The van der Waals surface area contributed by atoms with E-state index in [0.717, 1.165) is 30.6 Å². The molecule has 31 heavy (non-hydrogen) atoms. The van der Waals surface area contributed by atoms with Crippen molar-refractivity contribution in [2.45, 2.75) is 19.3 Å². The van der Waals surface area contributed by atoms with E-state index in [0.29, 0.717) is 18.7 Å². The molecule has 0 fully saturated rings. The minimum atomic E-state index is -0.0399. The Morgan fingerprint density at radius 3 is 2.42 bits per heavy atom. The zero-order valence-corrected chi connectivity index (χ0v) is 17.5. The fourth-order valence-electron chi connectivity index (χ4n) is 3.85. The average Bonchev–Trinajstić information content (AvgIpc) is 3.25. The first-order valence-corrected chi connectivity index (χ1v) is 10.7. The maximum Gasteiger partial charge on any atom is 0.258 e. The molecule has 5 nitrogen and oxygen atoms in total. The summed E-state index contributed by atoms with van der Waals surface area (Å²) in [5, 5.41) is 6.05. The van der Waals surface area contributed by atoms with E-state index in [4.69, 9.17) is 0 Å². The molecular formula is C26H27N3O2. The number of fused-ring (bicyclic) bond motifs is 1. The predicted molar refractivity (Wildman–Crippen MR) is 125 cm³/mol. The zero-order valence-electron chi connectivity index (χ0n) is 17.5. The lowest BCUT2D eigenvalue weighted by molar-refractivity contribution is -0.119. The Morgan fingerprint density at radius 1 is 0.871 bits per heavy atom. The number of hydrogen-bond donors (Lipinski definition) is 2. The molecular weight excluding hydrogens is 386 g/mol. The summed E-state index contributed by atoms with van der Waals surface area (Å²) in [4.78, 5) is 26.8. The van der Waals surface area contributed by atoms with Gasteiger partial charge in [-0.3, -0.25) is 9.59 Å². The summed E-state index contributed by atoms with van der Waals surface area (Å²) in [5.74, 6) is -0.0328. The molecule has 0 atom stereocenters. The van der Waals surface area contributed by atoms with Gasteiger partial charge < -0.3 is 15.5 Å². The summed E-state index contributed by atoms with van der Waals surface area (Å²) in [7, 11) is 0. The molecule has 0 unspecified atom stereocenters. The Balaban J connectivity index is 1.22. The van der Waals surface area contributed by atoms with E-state index in [9.17, 15) is 9.59 Å². The molecule has 0 saturated carbocycles. The second kappa shape index (κ2) is 9.94. The van der Waals surface area contributed by atoms with Crippen LogP contribution < -0.4 is 15.5 Å². The molecule has 1 aliphatic heterocycles. The van der Waals surface area contributed by atoms with E-state index in [-0.39, 0.29) is 18.4 Å². The van der Waals surface area contributed by atoms with Gasteiger partial charge in [0.2, 0.25) is 5.91 Å². The first kappa shape index (κ1) is 20.7. The number of para-hydroxylation sites is 1. The lowest BCUT2D eigenvalue weighted by Gasteiger charge is -2.17. The number of nitrogens with one attached hydrogen (secondary N) is 2. The van der Waals surface area contributed by atoms with E-state index < -0.39 is 0 Å². The van der Waals surface area contributed by atoms with Gasteiger partial charge in [0.05, 0.1) is 6.54 Å². The number of amides is 2. The summed E-state index contributed by atoms with van der Waals surface area (Å²) >= 11 is 0. The molecule has 0 saturated heterocycles. The van der Waals surface area contributed by atoms with Crippen LogP contribution in [0.3, 0.4) is 0 Å². The van der Waals surface area contributed by atoms with Crippen LogP contribution in [0.5, 0.6) is 0 Å². The highest BCUT2D eigenvalue weighted by Gasteiger charge is 2.24. The third kappa shape index (κ3) is 5.31. The molecule has 0 aliphatic carbocycles. The molecule has 2 N–H and O–H groups in total. The average molecular weight is 414 g/mol. The summed E-state index contributed by atoms with van der Waals surface area (Å²) in [5.41, 5.74) is 4.95. The van der Waals surface area contributed by atoms with Crippen LogP contribution in [0.1, 0.15) is 27.9 Å². The van der Waals surface area contributed by atoms with Crippen LogP contribution in [-0.4, -0.2) is 31.4 Å². The number of aryl methyl sites for hydroxylation is 1. The maximum absolute atomic E-state index is 12.9. The molecule has 4 rings (SSSR count). The van der Waals surface area contributed by atoms with Crippen LogP contribution >= 0.6 is 0 Å². The molecule has 0 spiro atoms. The Kier molecular flexibility index (Phi) is 6.62. The zero-order chi connectivity index (χ0) is 21.5. The van der Waals surface area contributed by atoms with Gasteiger partial charge in [-0.15, -0.1) is 0 Å².